The topological polar surface area (TPSA) is 124 Å². The van der Waals surface area contributed by atoms with Crippen LogP contribution in [0.1, 0.15) is 36.1 Å². The lowest BCUT2D eigenvalue weighted by atomic mass is 9.83. The standard InChI is InChI=1S/C25H22N6O2/c1-15-4-5-17(11-26)8-22(15)31-24-28-7-6-21(30-24)18-9-19(12-27)23-20(10-18)25(3,13-29-23)14-33-16(2)32/h4-10,29H,13-14H2,1-3H3,(H,28,30,31)/t25-/m1/s1. The molecule has 0 spiro atoms. The van der Waals surface area contributed by atoms with Crippen LogP contribution >= 0.6 is 0 Å². The number of benzene rings is 2. The molecule has 1 aliphatic heterocycles. The number of aromatic nitrogens is 2. The van der Waals surface area contributed by atoms with Crippen LogP contribution in [0.4, 0.5) is 17.3 Å². The third kappa shape index (κ3) is 4.32. The third-order valence-electron chi connectivity index (χ3n) is 5.72. The molecule has 164 valence electrons. The average molecular weight is 438 g/mol. The highest BCUT2D eigenvalue weighted by atomic mass is 16.5. The van der Waals surface area contributed by atoms with Crippen LogP contribution in [0.2, 0.25) is 0 Å². The monoisotopic (exact) mass is 438 g/mol. The van der Waals surface area contributed by atoms with Crippen LogP contribution in [0.5, 0.6) is 0 Å². The van der Waals surface area contributed by atoms with Gasteiger partial charge in [-0.2, -0.15) is 10.5 Å². The molecule has 0 saturated heterocycles. The quantitative estimate of drug-likeness (QED) is 0.569. The molecule has 0 fully saturated rings. The lowest BCUT2D eigenvalue weighted by Crippen LogP contribution is -2.31. The third-order valence-corrected chi connectivity index (χ3v) is 5.72. The van der Waals surface area contributed by atoms with Gasteiger partial charge in [-0.05, 0) is 48.4 Å². The number of hydrogen-bond donors (Lipinski definition) is 2. The Kier molecular flexibility index (Phi) is 5.68. The molecule has 1 aliphatic rings. The molecule has 0 aliphatic carbocycles. The molecule has 1 atom stereocenters. The minimum Gasteiger partial charge on any atom is -0.465 e. The van der Waals surface area contributed by atoms with Crippen LogP contribution in [0, 0.1) is 29.6 Å². The van der Waals surface area contributed by atoms with E-state index in [1.54, 1.807) is 30.5 Å². The van der Waals surface area contributed by atoms with Crippen LogP contribution in [0.3, 0.4) is 0 Å². The fraction of sp³-hybridized carbons (Fsp3) is 0.240. The van der Waals surface area contributed by atoms with E-state index in [0.717, 1.165) is 28.1 Å². The molecule has 2 N–H and O–H groups in total. The van der Waals surface area contributed by atoms with Crippen LogP contribution < -0.4 is 10.6 Å². The maximum atomic E-state index is 11.4. The van der Waals surface area contributed by atoms with Gasteiger partial charge in [-0.15, -0.1) is 0 Å². The zero-order chi connectivity index (χ0) is 23.6. The summed E-state index contributed by atoms with van der Waals surface area (Å²) in [5.74, 6) is 0.0362. The van der Waals surface area contributed by atoms with Gasteiger partial charge in [-0.1, -0.05) is 13.0 Å². The molecule has 1 aromatic heterocycles. The highest BCUT2D eigenvalue weighted by molar-refractivity contribution is 5.77. The van der Waals surface area contributed by atoms with Crippen molar-refractivity contribution in [3.63, 3.8) is 0 Å². The van der Waals surface area contributed by atoms with E-state index in [2.05, 4.69) is 32.7 Å². The van der Waals surface area contributed by atoms with Gasteiger partial charge >= 0.3 is 5.97 Å². The van der Waals surface area contributed by atoms with Gasteiger partial charge in [0.1, 0.15) is 12.7 Å². The predicted molar refractivity (Wildman–Crippen MR) is 124 cm³/mol. The minimum absolute atomic E-state index is 0.210. The summed E-state index contributed by atoms with van der Waals surface area (Å²) in [6, 6.07) is 15.3. The van der Waals surface area contributed by atoms with E-state index in [-0.39, 0.29) is 12.6 Å². The van der Waals surface area contributed by atoms with E-state index in [4.69, 9.17) is 4.74 Å². The van der Waals surface area contributed by atoms with Gasteiger partial charge in [-0.3, -0.25) is 4.79 Å². The Bertz CT molecular complexity index is 1340. The molecule has 4 rings (SSSR count). The summed E-state index contributed by atoms with van der Waals surface area (Å²) < 4.78 is 5.30. The Hall–Kier alpha value is -4.43. The van der Waals surface area contributed by atoms with E-state index in [1.165, 1.54) is 6.92 Å². The molecule has 33 heavy (non-hydrogen) atoms. The summed E-state index contributed by atoms with van der Waals surface area (Å²) in [4.78, 5) is 20.3. The van der Waals surface area contributed by atoms with Crippen LogP contribution in [-0.4, -0.2) is 29.1 Å². The van der Waals surface area contributed by atoms with Crippen LogP contribution in [0.15, 0.2) is 42.6 Å². The lowest BCUT2D eigenvalue weighted by molar-refractivity contribution is -0.142. The maximum Gasteiger partial charge on any atom is 0.302 e. The van der Waals surface area contributed by atoms with Gasteiger partial charge < -0.3 is 15.4 Å². The first-order valence-electron chi connectivity index (χ1n) is 10.4. The first-order valence-corrected chi connectivity index (χ1v) is 10.4. The number of nitrogens with zero attached hydrogens (tertiary/aromatic N) is 4. The first kappa shape index (κ1) is 21.8. The number of nitrogens with one attached hydrogen (secondary N) is 2. The van der Waals surface area contributed by atoms with Gasteiger partial charge in [0.25, 0.3) is 0 Å². The summed E-state index contributed by atoms with van der Waals surface area (Å²) in [6.45, 7) is 6.08. The number of rotatable bonds is 5. The first-order chi connectivity index (χ1) is 15.8. The van der Waals surface area contributed by atoms with Crippen molar-refractivity contribution in [3.8, 4) is 23.4 Å². The van der Waals surface area contributed by atoms with Gasteiger partial charge in [0.05, 0.1) is 28.6 Å². The second-order valence-electron chi connectivity index (χ2n) is 8.28. The number of ether oxygens (including phenoxy) is 1. The Balaban J connectivity index is 1.72. The number of fused-ring (bicyclic) bond motifs is 1. The van der Waals surface area contributed by atoms with Gasteiger partial charge in [0.15, 0.2) is 0 Å². The van der Waals surface area contributed by atoms with E-state index in [9.17, 15) is 15.3 Å². The fourth-order valence-electron chi connectivity index (χ4n) is 3.84. The molecule has 2 heterocycles. The molecule has 3 aromatic rings. The number of carbonyl (C=O) groups is 1. The van der Waals surface area contributed by atoms with Crippen molar-refractivity contribution >= 4 is 23.3 Å². The van der Waals surface area contributed by atoms with E-state index in [1.807, 2.05) is 26.0 Å². The van der Waals surface area contributed by atoms with Crippen molar-refractivity contribution in [1.29, 1.82) is 10.5 Å². The van der Waals surface area contributed by atoms with Crippen molar-refractivity contribution in [2.24, 2.45) is 0 Å². The number of hydrogen-bond acceptors (Lipinski definition) is 8. The highest BCUT2D eigenvalue weighted by Crippen LogP contribution is 2.41. The van der Waals surface area contributed by atoms with E-state index in [0.29, 0.717) is 29.3 Å². The Labute approximate surface area is 191 Å². The summed E-state index contributed by atoms with van der Waals surface area (Å²) in [6.07, 6.45) is 1.64. The van der Waals surface area contributed by atoms with Gasteiger partial charge in [0.2, 0.25) is 5.95 Å². The molecule has 0 unspecified atom stereocenters. The van der Waals surface area contributed by atoms with E-state index < -0.39 is 5.41 Å². The summed E-state index contributed by atoms with van der Waals surface area (Å²) in [7, 11) is 0. The number of aryl methyl sites for hydroxylation is 1. The molecule has 0 radical (unpaired) electrons. The van der Waals surface area contributed by atoms with Crippen LogP contribution in [-0.2, 0) is 14.9 Å². The fourth-order valence-corrected chi connectivity index (χ4v) is 3.84. The smallest absolute Gasteiger partial charge is 0.302 e. The van der Waals surface area contributed by atoms with Crippen molar-refractivity contribution in [1.82, 2.24) is 9.97 Å². The molecular weight excluding hydrogens is 416 g/mol. The molecule has 0 bridgehead atoms. The largest absolute Gasteiger partial charge is 0.465 e. The van der Waals surface area contributed by atoms with Crippen molar-refractivity contribution in [2.45, 2.75) is 26.2 Å². The number of anilines is 3. The van der Waals surface area contributed by atoms with Crippen molar-refractivity contribution in [3.05, 3.63) is 64.8 Å². The lowest BCUT2D eigenvalue weighted by Gasteiger charge is -2.24. The number of esters is 1. The second-order valence-corrected chi connectivity index (χ2v) is 8.28. The number of nitriles is 2. The Morgan fingerprint density at radius 3 is 2.79 bits per heavy atom. The molecule has 8 heteroatoms. The predicted octanol–water partition coefficient (Wildman–Crippen LogP) is 4.19. The molecule has 8 nitrogen and oxygen atoms in total. The highest BCUT2D eigenvalue weighted by Gasteiger charge is 2.37. The van der Waals surface area contributed by atoms with Crippen LogP contribution in [0.25, 0.3) is 11.3 Å². The van der Waals surface area contributed by atoms with Gasteiger partial charge in [-0.25, -0.2) is 9.97 Å². The second kappa shape index (κ2) is 8.60. The maximum absolute atomic E-state index is 11.4. The molecular formula is C25H22N6O2. The van der Waals surface area contributed by atoms with Gasteiger partial charge in [0, 0.05) is 36.3 Å². The SMILES string of the molecule is CC(=O)OC[C@@]1(C)CNc2c(C#N)cc(-c3ccnc(Nc4cc(C#N)ccc4C)n3)cc21. The Morgan fingerprint density at radius 1 is 1.24 bits per heavy atom. The normalized spacial score (nSPS) is 16.2. The number of carbonyl (C=O) groups excluding carboxylic acids is 1. The molecule has 0 saturated carbocycles. The van der Waals surface area contributed by atoms with E-state index >= 15 is 0 Å². The minimum atomic E-state index is -0.467. The Morgan fingerprint density at radius 2 is 2.06 bits per heavy atom. The van der Waals surface area contributed by atoms with Crippen molar-refractivity contribution in [2.75, 3.05) is 23.8 Å². The molecule has 0 amide bonds. The zero-order valence-electron chi connectivity index (χ0n) is 18.6. The zero-order valence-corrected chi connectivity index (χ0v) is 18.6. The van der Waals surface area contributed by atoms with Crippen molar-refractivity contribution < 1.29 is 9.53 Å². The summed E-state index contributed by atoms with van der Waals surface area (Å²) in [5, 5.41) is 25.4. The summed E-state index contributed by atoms with van der Waals surface area (Å²) >= 11 is 0. The summed E-state index contributed by atoms with van der Waals surface area (Å²) in [5.41, 5.74) is 5.34. The average Bonchev–Trinajstić information content (AvgIpc) is 3.16. The molecule has 2 aromatic carbocycles.